The molecule has 2 rings (SSSR count). The first kappa shape index (κ1) is 10.5. The molecule has 0 amide bonds. The fourth-order valence-electron chi connectivity index (χ4n) is 1.57. The van der Waals surface area contributed by atoms with Gasteiger partial charge in [-0.3, -0.25) is 5.43 Å². The number of nitrogens with two attached hydrogens (primary N) is 1. The minimum Gasteiger partial charge on any atom is -0.356 e. The lowest BCUT2D eigenvalue weighted by Crippen LogP contribution is -2.27. The highest BCUT2D eigenvalue weighted by Crippen LogP contribution is 2.17. The Morgan fingerprint density at radius 3 is 3.20 bits per heavy atom. The molecule has 1 aromatic heterocycles. The third kappa shape index (κ3) is 2.73. The van der Waals surface area contributed by atoms with Crippen LogP contribution in [-0.2, 0) is 0 Å². The van der Waals surface area contributed by atoms with Crippen LogP contribution >= 0.6 is 11.8 Å². The van der Waals surface area contributed by atoms with Gasteiger partial charge in [0, 0.05) is 25.0 Å². The van der Waals surface area contributed by atoms with Crippen LogP contribution in [0.4, 0.5) is 11.8 Å². The molecule has 0 aliphatic carbocycles. The van der Waals surface area contributed by atoms with Crippen molar-refractivity contribution in [3.05, 3.63) is 12.3 Å². The maximum absolute atomic E-state index is 5.28. The van der Waals surface area contributed by atoms with Gasteiger partial charge in [-0.1, -0.05) is 0 Å². The summed E-state index contributed by atoms with van der Waals surface area (Å²) in [6.07, 6.45) is 2.94. The molecule has 5 nitrogen and oxygen atoms in total. The van der Waals surface area contributed by atoms with Crippen molar-refractivity contribution < 1.29 is 0 Å². The van der Waals surface area contributed by atoms with Crippen molar-refractivity contribution in [1.82, 2.24) is 9.97 Å². The van der Waals surface area contributed by atoms with E-state index in [4.69, 9.17) is 5.84 Å². The number of hydrogen-bond donors (Lipinski definition) is 2. The lowest BCUT2D eigenvalue weighted by molar-refractivity contribution is 0.799. The zero-order chi connectivity index (χ0) is 10.5. The number of nitrogens with zero attached hydrogens (tertiary/aromatic N) is 3. The van der Waals surface area contributed by atoms with Crippen LogP contribution in [0.2, 0.25) is 0 Å². The Morgan fingerprint density at radius 2 is 2.33 bits per heavy atom. The Balaban J connectivity index is 2.12. The van der Waals surface area contributed by atoms with Gasteiger partial charge in [0.2, 0.25) is 5.95 Å². The summed E-state index contributed by atoms with van der Waals surface area (Å²) in [5.74, 6) is 9.12. The molecular weight excluding hydrogens is 210 g/mol. The number of rotatable bonds is 2. The summed E-state index contributed by atoms with van der Waals surface area (Å²) >= 11 is 2.00. The molecule has 82 valence electrons. The third-order valence-electron chi connectivity index (χ3n) is 2.32. The molecule has 0 spiro atoms. The highest BCUT2D eigenvalue weighted by Gasteiger charge is 2.11. The van der Waals surface area contributed by atoms with Crippen LogP contribution in [0.5, 0.6) is 0 Å². The van der Waals surface area contributed by atoms with Gasteiger partial charge in [-0.25, -0.2) is 10.8 Å². The van der Waals surface area contributed by atoms with Crippen molar-refractivity contribution in [2.75, 3.05) is 34.9 Å². The van der Waals surface area contributed by atoms with Crippen molar-refractivity contribution >= 4 is 23.5 Å². The molecule has 3 N–H and O–H groups in total. The second-order valence-electron chi connectivity index (χ2n) is 3.34. The molecule has 0 aromatic carbocycles. The van der Waals surface area contributed by atoms with Gasteiger partial charge in [-0.05, 0) is 18.2 Å². The number of nitrogen functional groups attached to an aromatic ring is 1. The van der Waals surface area contributed by atoms with Crippen molar-refractivity contribution in [3.63, 3.8) is 0 Å². The van der Waals surface area contributed by atoms with Crippen LogP contribution in [0.25, 0.3) is 0 Å². The molecular formula is C9H15N5S. The van der Waals surface area contributed by atoms with Crippen LogP contribution in [0.3, 0.4) is 0 Å². The van der Waals surface area contributed by atoms with Gasteiger partial charge in [0.25, 0.3) is 0 Å². The van der Waals surface area contributed by atoms with Gasteiger partial charge in [0.05, 0.1) is 0 Å². The van der Waals surface area contributed by atoms with Crippen LogP contribution in [0.1, 0.15) is 6.42 Å². The van der Waals surface area contributed by atoms with Crippen molar-refractivity contribution in [2.45, 2.75) is 6.42 Å². The Bertz CT molecular complexity index is 311. The van der Waals surface area contributed by atoms with Gasteiger partial charge in [0.15, 0.2) is 0 Å². The smallest absolute Gasteiger partial charge is 0.239 e. The van der Waals surface area contributed by atoms with E-state index < -0.39 is 0 Å². The maximum atomic E-state index is 5.28. The second-order valence-corrected chi connectivity index (χ2v) is 4.56. The van der Waals surface area contributed by atoms with Crippen molar-refractivity contribution in [1.29, 1.82) is 0 Å². The summed E-state index contributed by atoms with van der Waals surface area (Å²) < 4.78 is 0. The molecule has 0 atom stereocenters. The van der Waals surface area contributed by atoms with Gasteiger partial charge < -0.3 is 4.90 Å². The Morgan fingerprint density at radius 1 is 1.40 bits per heavy atom. The number of nitrogens with one attached hydrogen (secondary N) is 1. The molecule has 15 heavy (non-hydrogen) atoms. The fourth-order valence-corrected chi connectivity index (χ4v) is 2.46. The van der Waals surface area contributed by atoms with Crippen LogP contribution in [-0.4, -0.2) is 34.6 Å². The van der Waals surface area contributed by atoms with E-state index in [1.807, 2.05) is 17.8 Å². The third-order valence-corrected chi connectivity index (χ3v) is 3.36. The van der Waals surface area contributed by atoms with E-state index in [2.05, 4.69) is 20.3 Å². The SMILES string of the molecule is NNc1nccc(N2CCCSCC2)n1. The fraction of sp³-hybridized carbons (Fsp3) is 0.556. The highest BCUT2D eigenvalue weighted by atomic mass is 32.2. The zero-order valence-electron chi connectivity index (χ0n) is 8.52. The van der Waals surface area contributed by atoms with E-state index >= 15 is 0 Å². The quantitative estimate of drug-likeness (QED) is 0.570. The largest absolute Gasteiger partial charge is 0.356 e. The molecule has 0 saturated carbocycles. The minimum atomic E-state index is 0.476. The average Bonchev–Trinajstić information content (AvgIpc) is 2.58. The highest BCUT2D eigenvalue weighted by molar-refractivity contribution is 7.99. The summed E-state index contributed by atoms with van der Waals surface area (Å²) in [7, 11) is 0. The summed E-state index contributed by atoms with van der Waals surface area (Å²) in [6, 6.07) is 1.93. The van der Waals surface area contributed by atoms with Crippen molar-refractivity contribution in [2.24, 2.45) is 5.84 Å². The first-order valence-electron chi connectivity index (χ1n) is 5.02. The average molecular weight is 225 g/mol. The molecule has 1 saturated heterocycles. The van der Waals surface area contributed by atoms with E-state index in [-0.39, 0.29) is 0 Å². The lowest BCUT2D eigenvalue weighted by atomic mass is 10.4. The van der Waals surface area contributed by atoms with Crippen LogP contribution in [0, 0.1) is 0 Å². The zero-order valence-corrected chi connectivity index (χ0v) is 9.33. The molecule has 6 heteroatoms. The normalized spacial score (nSPS) is 17.3. The van der Waals surface area contributed by atoms with Gasteiger partial charge in [-0.2, -0.15) is 16.7 Å². The van der Waals surface area contributed by atoms with Gasteiger partial charge in [-0.15, -0.1) is 0 Å². The standard InChI is InChI=1S/C9H15N5S/c10-13-9-11-3-2-8(12-9)14-4-1-6-15-7-5-14/h2-3H,1,4-7,10H2,(H,11,12,13). The molecule has 1 aliphatic rings. The first-order chi connectivity index (χ1) is 7.40. The monoisotopic (exact) mass is 225 g/mol. The van der Waals surface area contributed by atoms with E-state index in [9.17, 15) is 0 Å². The Kier molecular flexibility index (Phi) is 3.63. The molecule has 0 radical (unpaired) electrons. The number of hydrazine groups is 1. The molecule has 1 aromatic rings. The van der Waals surface area contributed by atoms with E-state index in [1.165, 1.54) is 12.2 Å². The Labute approximate surface area is 93.4 Å². The first-order valence-corrected chi connectivity index (χ1v) is 6.18. The number of hydrogen-bond acceptors (Lipinski definition) is 6. The molecule has 2 heterocycles. The molecule has 1 aliphatic heterocycles. The molecule has 0 unspecified atom stereocenters. The summed E-state index contributed by atoms with van der Waals surface area (Å²) in [4.78, 5) is 10.6. The predicted octanol–water partition coefficient (Wildman–Crippen LogP) is 0.705. The van der Waals surface area contributed by atoms with Gasteiger partial charge >= 0.3 is 0 Å². The van der Waals surface area contributed by atoms with E-state index in [0.29, 0.717) is 5.95 Å². The van der Waals surface area contributed by atoms with E-state index in [0.717, 1.165) is 24.7 Å². The van der Waals surface area contributed by atoms with Gasteiger partial charge in [0.1, 0.15) is 5.82 Å². The van der Waals surface area contributed by atoms with Crippen molar-refractivity contribution in [3.8, 4) is 0 Å². The van der Waals surface area contributed by atoms with Crippen LogP contribution in [0.15, 0.2) is 12.3 Å². The topological polar surface area (TPSA) is 67.1 Å². The maximum Gasteiger partial charge on any atom is 0.239 e. The summed E-state index contributed by atoms with van der Waals surface area (Å²) in [6.45, 7) is 2.11. The Hall–Kier alpha value is -1.01. The number of thioether (sulfide) groups is 1. The van der Waals surface area contributed by atoms with E-state index in [1.54, 1.807) is 6.20 Å². The summed E-state index contributed by atoms with van der Waals surface area (Å²) in [5.41, 5.74) is 2.47. The molecule has 1 fully saturated rings. The van der Waals surface area contributed by atoms with Crippen LogP contribution < -0.4 is 16.2 Å². The predicted molar refractivity (Wildman–Crippen MR) is 64.0 cm³/mol. The summed E-state index contributed by atoms with van der Waals surface area (Å²) in [5, 5.41) is 0. The number of anilines is 2. The minimum absolute atomic E-state index is 0.476. The molecule has 0 bridgehead atoms. The number of aromatic nitrogens is 2. The second kappa shape index (κ2) is 5.18. The lowest BCUT2D eigenvalue weighted by Gasteiger charge is -2.20.